The molecule has 0 saturated carbocycles. The van der Waals surface area contributed by atoms with Gasteiger partial charge in [-0.2, -0.15) is 9.29 Å². The van der Waals surface area contributed by atoms with Crippen LogP contribution in [-0.4, -0.2) is 65.9 Å². The van der Waals surface area contributed by atoms with Gasteiger partial charge in [-0.15, -0.1) is 0 Å². The molecule has 0 spiro atoms. The fourth-order valence-electron chi connectivity index (χ4n) is 5.35. The minimum Gasteiger partial charge on any atom is -0.485 e. The number of hydrogen-bond acceptors (Lipinski definition) is 8. The van der Waals surface area contributed by atoms with E-state index >= 15 is 0 Å². The third-order valence-electron chi connectivity index (χ3n) is 7.37. The molecule has 184 valence electrons. The molecular formula is C24H33N5O4S. The zero-order chi connectivity index (χ0) is 23.9. The van der Waals surface area contributed by atoms with Gasteiger partial charge in [0.2, 0.25) is 15.9 Å². The van der Waals surface area contributed by atoms with E-state index in [-0.39, 0.29) is 5.60 Å². The van der Waals surface area contributed by atoms with Crippen molar-refractivity contribution in [2.45, 2.75) is 58.0 Å². The SMILES string of the molecule is CCCc1nc(N2CCC([C@]3(C)Cc4cc(C5=CCN(S(C)(=O)=O)CC5)ncc4O3)CC2)no1. The molecule has 0 aliphatic carbocycles. The van der Waals surface area contributed by atoms with Crippen molar-refractivity contribution in [2.75, 3.05) is 37.3 Å². The van der Waals surface area contributed by atoms with E-state index in [1.54, 1.807) is 0 Å². The zero-order valence-corrected chi connectivity index (χ0v) is 21.0. The molecule has 2 aromatic heterocycles. The first kappa shape index (κ1) is 23.3. The first-order chi connectivity index (χ1) is 16.2. The van der Waals surface area contributed by atoms with E-state index in [1.165, 1.54) is 16.1 Å². The Labute approximate surface area is 201 Å². The average Bonchev–Trinajstić information content (AvgIpc) is 3.43. The predicted molar refractivity (Wildman–Crippen MR) is 129 cm³/mol. The molecule has 0 unspecified atom stereocenters. The number of piperidine rings is 1. The number of hydrogen-bond donors (Lipinski definition) is 0. The second-order valence-electron chi connectivity index (χ2n) is 9.87. The molecule has 5 heterocycles. The van der Waals surface area contributed by atoms with E-state index in [1.807, 2.05) is 12.3 Å². The molecule has 1 saturated heterocycles. The molecule has 1 atom stereocenters. The van der Waals surface area contributed by atoms with Crippen LogP contribution in [-0.2, 0) is 22.9 Å². The number of aromatic nitrogens is 3. The van der Waals surface area contributed by atoms with Crippen LogP contribution < -0.4 is 9.64 Å². The van der Waals surface area contributed by atoms with E-state index in [9.17, 15) is 8.42 Å². The van der Waals surface area contributed by atoms with Crippen molar-refractivity contribution in [1.29, 1.82) is 0 Å². The van der Waals surface area contributed by atoms with Crippen LogP contribution in [0, 0.1) is 5.92 Å². The summed E-state index contributed by atoms with van der Waals surface area (Å²) in [6.45, 7) is 6.99. The highest BCUT2D eigenvalue weighted by atomic mass is 32.2. The van der Waals surface area contributed by atoms with E-state index < -0.39 is 10.0 Å². The summed E-state index contributed by atoms with van der Waals surface area (Å²) in [5.74, 6) is 2.71. The lowest BCUT2D eigenvalue weighted by atomic mass is 9.79. The number of pyridine rings is 1. The molecule has 9 nitrogen and oxygen atoms in total. The minimum absolute atomic E-state index is 0.257. The first-order valence-electron chi connectivity index (χ1n) is 12.1. The number of sulfonamides is 1. The third kappa shape index (κ3) is 4.57. The average molecular weight is 488 g/mol. The van der Waals surface area contributed by atoms with Crippen molar-refractivity contribution in [1.82, 2.24) is 19.4 Å². The van der Waals surface area contributed by atoms with Gasteiger partial charge in [-0.1, -0.05) is 13.0 Å². The van der Waals surface area contributed by atoms with Gasteiger partial charge in [0, 0.05) is 50.5 Å². The molecule has 3 aliphatic rings. The van der Waals surface area contributed by atoms with Crippen LogP contribution in [0.1, 0.15) is 56.7 Å². The topological polar surface area (TPSA) is 102 Å². The molecule has 3 aliphatic heterocycles. The molecule has 10 heteroatoms. The highest BCUT2D eigenvalue weighted by molar-refractivity contribution is 7.88. The molecule has 0 amide bonds. The fourth-order valence-corrected chi connectivity index (χ4v) is 6.12. The Morgan fingerprint density at radius 2 is 2.03 bits per heavy atom. The van der Waals surface area contributed by atoms with Crippen LogP contribution in [0.3, 0.4) is 0 Å². The lowest BCUT2D eigenvalue weighted by Crippen LogP contribution is -2.46. The van der Waals surface area contributed by atoms with Gasteiger partial charge in [0.15, 0.2) is 0 Å². The molecule has 1 fully saturated rings. The van der Waals surface area contributed by atoms with Gasteiger partial charge >= 0.3 is 0 Å². The molecule has 5 rings (SSSR count). The standard InChI is InChI=1S/C24H33N5O4S/c1-4-5-22-26-23(27-33-22)28-10-8-19(9-11-28)24(2)15-18-14-20(25-16-21(18)32-24)17-6-12-29(13-7-17)34(3,30)31/h6,14,16,19H,4-5,7-13,15H2,1-3H3/t24-/m0/s1. The van der Waals surface area contributed by atoms with Gasteiger partial charge in [0.1, 0.15) is 11.4 Å². The molecule has 0 bridgehead atoms. The van der Waals surface area contributed by atoms with Crippen LogP contribution >= 0.6 is 0 Å². The summed E-state index contributed by atoms with van der Waals surface area (Å²) in [5, 5.41) is 4.16. The van der Waals surface area contributed by atoms with Crippen molar-refractivity contribution in [3.05, 3.63) is 35.5 Å². The number of rotatable bonds is 6. The number of nitrogens with zero attached hydrogens (tertiary/aromatic N) is 5. The Morgan fingerprint density at radius 3 is 2.71 bits per heavy atom. The highest BCUT2D eigenvalue weighted by Crippen LogP contribution is 2.43. The van der Waals surface area contributed by atoms with Crippen LogP contribution in [0.25, 0.3) is 5.57 Å². The second kappa shape index (κ2) is 8.96. The van der Waals surface area contributed by atoms with Gasteiger partial charge < -0.3 is 14.2 Å². The second-order valence-corrected chi connectivity index (χ2v) is 11.9. The van der Waals surface area contributed by atoms with E-state index in [2.05, 4.69) is 39.9 Å². The summed E-state index contributed by atoms with van der Waals surface area (Å²) < 4.78 is 36.9. The lowest BCUT2D eigenvalue weighted by molar-refractivity contribution is 0.0347. The highest BCUT2D eigenvalue weighted by Gasteiger charge is 2.43. The van der Waals surface area contributed by atoms with Crippen molar-refractivity contribution in [3.8, 4) is 5.75 Å². The molecule has 0 N–H and O–H groups in total. The maximum atomic E-state index is 11.8. The number of fused-ring (bicyclic) bond motifs is 1. The maximum absolute atomic E-state index is 11.8. The Morgan fingerprint density at radius 1 is 1.24 bits per heavy atom. The largest absolute Gasteiger partial charge is 0.485 e. The van der Waals surface area contributed by atoms with E-state index in [4.69, 9.17) is 9.26 Å². The molecular weight excluding hydrogens is 454 g/mol. The van der Waals surface area contributed by atoms with E-state index in [0.717, 1.165) is 62.2 Å². The van der Waals surface area contributed by atoms with Crippen molar-refractivity contribution in [3.63, 3.8) is 0 Å². The monoisotopic (exact) mass is 487 g/mol. The molecule has 0 aromatic carbocycles. The van der Waals surface area contributed by atoms with Crippen molar-refractivity contribution in [2.24, 2.45) is 5.92 Å². The van der Waals surface area contributed by atoms with Gasteiger partial charge in [0.25, 0.3) is 5.95 Å². The summed E-state index contributed by atoms with van der Waals surface area (Å²) in [5.41, 5.74) is 2.96. The smallest absolute Gasteiger partial charge is 0.266 e. The summed E-state index contributed by atoms with van der Waals surface area (Å²) in [4.78, 5) is 11.4. The lowest BCUT2D eigenvalue weighted by Gasteiger charge is -2.39. The van der Waals surface area contributed by atoms with Crippen LogP contribution in [0.4, 0.5) is 5.95 Å². The van der Waals surface area contributed by atoms with Crippen molar-refractivity contribution >= 4 is 21.5 Å². The van der Waals surface area contributed by atoms with Gasteiger partial charge in [-0.3, -0.25) is 4.98 Å². The summed E-state index contributed by atoms with van der Waals surface area (Å²) >= 11 is 0. The molecule has 2 aromatic rings. The van der Waals surface area contributed by atoms with Crippen LogP contribution in [0.2, 0.25) is 0 Å². The molecule has 0 radical (unpaired) electrons. The Balaban J connectivity index is 1.23. The quantitative estimate of drug-likeness (QED) is 0.613. The number of anilines is 1. The normalized spacial score (nSPS) is 24.1. The van der Waals surface area contributed by atoms with Gasteiger partial charge in [-0.05, 0) is 49.4 Å². The fraction of sp³-hybridized carbons (Fsp3) is 0.625. The minimum atomic E-state index is -3.16. The summed E-state index contributed by atoms with van der Waals surface area (Å²) in [7, 11) is -3.16. The maximum Gasteiger partial charge on any atom is 0.266 e. The Bertz CT molecular complexity index is 1190. The summed E-state index contributed by atoms with van der Waals surface area (Å²) in [6, 6.07) is 2.13. The first-order valence-corrected chi connectivity index (χ1v) is 14.0. The van der Waals surface area contributed by atoms with Crippen LogP contribution in [0.5, 0.6) is 5.75 Å². The predicted octanol–water partition coefficient (Wildman–Crippen LogP) is 3.08. The number of aryl methyl sites for hydroxylation is 1. The van der Waals surface area contributed by atoms with Gasteiger partial charge in [0.05, 0.1) is 18.1 Å². The van der Waals surface area contributed by atoms with Crippen molar-refractivity contribution < 1.29 is 17.7 Å². The molecule has 34 heavy (non-hydrogen) atoms. The van der Waals surface area contributed by atoms with E-state index in [0.29, 0.717) is 37.3 Å². The third-order valence-corrected chi connectivity index (χ3v) is 8.64. The Hall–Kier alpha value is -2.46. The summed E-state index contributed by atoms with van der Waals surface area (Å²) in [6.07, 6.45) is 10.4. The number of ether oxygens (including phenoxy) is 1. The Kier molecular flexibility index (Phi) is 6.14. The zero-order valence-electron chi connectivity index (χ0n) is 20.2. The van der Waals surface area contributed by atoms with Gasteiger partial charge in [-0.25, -0.2) is 8.42 Å². The van der Waals surface area contributed by atoms with Crippen LogP contribution in [0.15, 0.2) is 22.9 Å².